The fourth-order valence-corrected chi connectivity index (χ4v) is 2.99. The topological polar surface area (TPSA) is 43.6 Å². The van der Waals surface area contributed by atoms with Gasteiger partial charge in [-0.2, -0.15) is 4.99 Å². The molecule has 0 atom stereocenters. The lowest BCUT2D eigenvalue weighted by Gasteiger charge is -2.03. The standard InChI is InChI=1S/C14H18N2O2S/c1-4-8-16-11-7-6-10(18-3)9-12(11)19-14(16)15-13(17)5-2/h6-7,9H,4-5,8H2,1-3H3. The minimum absolute atomic E-state index is 0.0802. The van der Waals surface area contributed by atoms with Gasteiger partial charge in [0.1, 0.15) is 5.75 Å². The molecule has 0 aliphatic carbocycles. The second-order valence-electron chi connectivity index (χ2n) is 4.23. The zero-order chi connectivity index (χ0) is 13.8. The van der Waals surface area contributed by atoms with Crippen molar-refractivity contribution in [3.63, 3.8) is 0 Å². The van der Waals surface area contributed by atoms with E-state index in [9.17, 15) is 4.79 Å². The number of thiazole rings is 1. The van der Waals surface area contributed by atoms with Crippen LogP contribution in [0.15, 0.2) is 23.2 Å². The van der Waals surface area contributed by atoms with Gasteiger partial charge in [0, 0.05) is 13.0 Å². The summed E-state index contributed by atoms with van der Waals surface area (Å²) in [7, 11) is 1.65. The van der Waals surface area contributed by atoms with Gasteiger partial charge in [-0.25, -0.2) is 0 Å². The van der Waals surface area contributed by atoms with E-state index in [1.165, 1.54) is 11.3 Å². The number of hydrogen-bond donors (Lipinski definition) is 0. The third kappa shape index (κ3) is 2.87. The highest BCUT2D eigenvalue weighted by Gasteiger charge is 2.07. The number of hydrogen-bond acceptors (Lipinski definition) is 3. The lowest BCUT2D eigenvalue weighted by molar-refractivity contribution is -0.117. The first-order chi connectivity index (χ1) is 9.19. The third-order valence-electron chi connectivity index (χ3n) is 2.86. The fourth-order valence-electron chi connectivity index (χ4n) is 1.89. The van der Waals surface area contributed by atoms with Crippen molar-refractivity contribution in [2.75, 3.05) is 7.11 Å². The van der Waals surface area contributed by atoms with Gasteiger partial charge in [-0.05, 0) is 24.6 Å². The van der Waals surface area contributed by atoms with Crippen molar-refractivity contribution in [1.82, 2.24) is 4.57 Å². The van der Waals surface area contributed by atoms with Gasteiger partial charge in [-0.15, -0.1) is 0 Å². The molecule has 1 amide bonds. The lowest BCUT2D eigenvalue weighted by Crippen LogP contribution is -2.16. The van der Waals surface area contributed by atoms with Crippen LogP contribution >= 0.6 is 11.3 Å². The maximum Gasteiger partial charge on any atom is 0.248 e. The number of ether oxygens (including phenoxy) is 1. The highest BCUT2D eigenvalue weighted by atomic mass is 32.1. The third-order valence-corrected chi connectivity index (χ3v) is 3.90. The van der Waals surface area contributed by atoms with E-state index in [4.69, 9.17) is 4.74 Å². The van der Waals surface area contributed by atoms with Crippen molar-refractivity contribution in [2.45, 2.75) is 33.2 Å². The quantitative estimate of drug-likeness (QED) is 0.863. The zero-order valence-electron chi connectivity index (χ0n) is 11.5. The number of benzene rings is 1. The molecule has 19 heavy (non-hydrogen) atoms. The molecule has 0 saturated carbocycles. The number of aromatic nitrogens is 1. The molecule has 0 N–H and O–H groups in total. The number of fused-ring (bicyclic) bond motifs is 1. The Kier molecular flexibility index (Phi) is 4.37. The Balaban J connectivity index is 2.65. The highest BCUT2D eigenvalue weighted by molar-refractivity contribution is 7.16. The van der Waals surface area contributed by atoms with Crippen molar-refractivity contribution in [1.29, 1.82) is 0 Å². The van der Waals surface area contributed by atoms with Crippen LogP contribution in [0.4, 0.5) is 0 Å². The molecule has 0 bridgehead atoms. The van der Waals surface area contributed by atoms with Gasteiger partial charge >= 0.3 is 0 Å². The van der Waals surface area contributed by atoms with E-state index in [1.54, 1.807) is 7.11 Å². The predicted octanol–water partition coefficient (Wildman–Crippen LogP) is 2.96. The van der Waals surface area contributed by atoms with E-state index in [0.717, 1.165) is 33.7 Å². The summed E-state index contributed by atoms with van der Waals surface area (Å²) in [6, 6.07) is 5.95. The molecule has 1 heterocycles. The van der Waals surface area contributed by atoms with Crippen LogP contribution in [-0.4, -0.2) is 17.6 Å². The Bertz CT molecular complexity index is 655. The molecule has 2 rings (SSSR count). The van der Waals surface area contributed by atoms with Crippen LogP contribution in [0.2, 0.25) is 0 Å². The van der Waals surface area contributed by atoms with Crippen molar-refractivity contribution in [3.05, 3.63) is 23.0 Å². The first-order valence-corrected chi connectivity index (χ1v) is 7.26. The van der Waals surface area contributed by atoms with Gasteiger partial charge in [0.05, 0.1) is 17.3 Å². The number of amides is 1. The lowest BCUT2D eigenvalue weighted by atomic mass is 10.3. The average molecular weight is 278 g/mol. The average Bonchev–Trinajstić information content (AvgIpc) is 2.76. The second kappa shape index (κ2) is 6.02. The van der Waals surface area contributed by atoms with Crippen LogP contribution in [-0.2, 0) is 11.3 Å². The maximum absolute atomic E-state index is 11.5. The SMILES string of the molecule is CCCn1c(=NC(=O)CC)sc2cc(OC)ccc21. The van der Waals surface area contributed by atoms with Crippen LogP contribution in [0, 0.1) is 0 Å². The number of rotatable bonds is 4. The summed E-state index contributed by atoms with van der Waals surface area (Å²) in [5, 5.41) is 0. The van der Waals surface area contributed by atoms with Gasteiger partial charge in [0.2, 0.25) is 5.91 Å². The molecule has 4 nitrogen and oxygen atoms in total. The number of aryl methyl sites for hydroxylation is 1. The van der Waals surface area contributed by atoms with Crippen LogP contribution in [0.3, 0.4) is 0 Å². The molecule has 1 aromatic carbocycles. The summed E-state index contributed by atoms with van der Waals surface area (Å²) in [6.45, 7) is 4.81. The van der Waals surface area contributed by atoms with Gasteiger partial charge in [0.25, 0.3) is 0 Å². The largest absolute Gasteiger partial charge is 0.497 e. The van der Waals surface area contributed by atoms with Gasteiger partial charge in [0.15, 0.2) is 4.80 Å². The number of carbonyl (C=O) groups is 1. The Morgan fingerprint density at radius 2 is 2.21 bits per heavy atom. The molecule has 0 fully saturated rings. The van der Waals surface area contributed by atoms with E-state index in [1.807, 2.05) is 25.1 Å². The maximum atomic E-state index is 11.5. The zero-order valence-corrected chi connectivity index (χ0v) is 12.3. The molecule has 102 valence electrons. The fraction of sp³-hybridized carbons (Fsp3) is 0.429. The van der Waals surface area contributed by atoms with Crippen LogP contribution < -0.4 is 9.54 Å². The first kappa shape index (κ1) is 13.8. The Labute approximate surface area is 116 Å². The Morgan fingerprint density at radius 1 is 1.42 bits per heavy atom. The Morgan fingerprint density at radius 3 is 2.84 bits per heavy atom. The summed E-state index contributed by atoms with van der Waals surface area (Å²) in [5.41, 5.74) is 1.11. The molecule has 0 spiro atoms. The van der Waals surface area contributed by atoms with Crippen LogP contribution in [0.25, 0.3) is 10.2 Å². The normalized spacial score (nSPS) is 12.1. The van der Waals surface area contributed by atoms with Gasteiger partial charge in [-0.1, -0.05) is 25.2 Å². The molecule has 0 saturated heterocycles. The Hall–Kier alpha value is -1.62. The van der Waals surface area contributed by atoms with Gasteiger partial charge < -0.3 is 9.30 Å². The summed E-state index contributed by atoms with van der Waals surface area (Å²) in [5.74, 6) is 0.745. The molecule has 0 radical (unpaired) electrons. The summed E-state index contributed by atoms with van der Waals surface area (Å²) in [6.07, 6.45) is 1.44. The minimum atomic E-state index is -0.0802. The monoisotopic (exact) mass is 278 g/mol. The summed E-state index contributed by atoms with van der Waals surface area (Å²) >= 11 is 1.53. The van der Waals surface area contributed by atoms with Gasteiger partial charge in [-0.3, -0.25) is 4.79 Å². The van der Waals surface area contributed by atoms with E-state index in [2.05, 4.69) is 16.5 Å². The van der Waals surface area contributed by atoms with Crippen LogP contribution in [0.5, 0.6) is 5.75 Å². The minimum Gasteiger partial charge on any atom is -0.497 e. The number of nitrogens with zero attached hydrogens (tertiary/aromatic N) is 2. The molecule has 0 aliphatic heterocycles. The molecule has 2 aromatic rings. The molecule has 1 aromatic heterocycles. The predicted molar refractivity (Wildman–Crippen MR) is 77.5 cm³/mol. The molecular weight excluding hydrogens is 260 g/mol. The second-order valence-corrected chi connectivity index (χ2v) is 5.24. The van der Waals surface area contributed by atoms with Crippen molar-refractivity contribution in [3.8, 4) is 5.75 Å². The van der Waals surface area contributed by atoms with E-state index < -0.39 is 0 Å². The van der Waals surface area contributed by atoms with E-state index in [0.29, 0.717) is 6.42 Å². The number of methoxy groups -OCH3 is 1. The first-order valence-electron chi connectivity index (χ1n) is 6.44. The van der Waals surface area contributed by atoms with E-state index >= 15 is 0 Å². The number of carbonyl (C=O) groups excluding carboxylic acids is 1. The smallest absolute Gasteiger partial charge is 0.248 e. The molecule has 0 unspecified atom stereocenters. The molecule has 0 aliphatic rings. The molecular formula is C14H18N2O2S. The summed E-state index contributed by atoms with van der Waals surface area (Å²) in [4.78, 5) is 16.5. The highest BCUT2D eigenvalue weighted by Crippen LogP contribution is 2.23. The van der Waals surface area contributed by atoms with Crippen molar-refractivity contribution in [2.24, 2.45) is 4.99 Å². The van der Waals surface area contributed by atoms with Crippen molar-refractivity contribution < 1.29 is 9.53 Å². The van der Waals surface area contributed by atoms with Crippen molar-refractivity contribution >= 4 is 27.5 Å². The molecule has 5 heteroatoms. The van der Waals surface area contributed by atoms with E-state index in [-0.39, 0.29) is 5.91 Å². The van der Waals surface area contributed by atoms with Crippen LogP contribution in [0.1, 0.15) is 26.7 Å². The summed E-state index contributed by atoms with van der Waals surface area (Å²) < 4.78 is 8.43.